The molecule has 3 rings (SSSR count). The number of carbonyl (C=O) groups excluding carboxylic acids is 2. The minimum absolute atomic E-state index is 0. The number of hydrogen-bond donors (Lipinski definition) is 3. The van der Waals surface area contributed by atoms with Gasteiger partial charge in [-0.3, -0.25) is 9.59 Å². The number of anilines is 1. The highest BCUT2D eigenvalue weighted by atomic mass is 35.5. The zero-order chi connectivity index (χ0) is 16.1. The minimum atomic E-state index is -0.201. The lowest BCUT2D eigenvalue weighted by molar-refractivity contribution is 0.0930. The highest BCUT2D eigenvalue weighted by Crippen LogP contribution is 2.18. The average molecular weight is 366 g/mol. The van der Waals surface area contributed by atoms with Gasteiger partial charge in [-0.05, 0) is 49.5 Å². The number of piperidine rings is 1. The number of halogens is 1. The summed E-state index contributed by atoms with van der Waals surface area (Å²) < 4.78 is 0. The van der Waals surface area contributed by atoms with Crippen molar-refractivity contribution in [3.8, 4) is 0 Å². The van der Waals surface area contributed by atoms with Crippen molar-refractivity contribution in [2.75, 3.05) is 18.4 Å². The molecule has 0 saturated carbocycles. The molecule has 0 spiro atoms. The molecule has 24 heavy (non-hydrogen) atoms. The number of para-hydroxylation sites is 1. The summed E-state index contributed by atoms with van der Waals surface area (Å²) in [5.41, 5.74) is 1.63. The summed E-state index contributed by atoms with van der Waals surface area (Å²) in [4.78, 5) is 24.7. The Kier molecular flexibility index (Phi) is 6.78. The van der Waals surface area contributed by atoms with Gasteiger partial charge in [0.2, 0.25) is 0 Å². The van der Waals surface area contributed by atoms with Crippen LogP contribution in [0.25, 0.3) is 0 Å². The van der Waals surface area contributed by atoms with Gasteiger partial charge < -0.3 is 16.0 Å². The first-order valence-electron chi connectivity index (χ1n) is 7.68. The maximum Gasteiger partial charge on any atom is 0.256 e. The Morgan fingerprint density at radius 1 is 1.08 bits per heavy atom. The molecule has 2 aromatic rings. The van der Waals surface area contributed by atoms with E-state index in [2.05, 4.69) is 16.0 Å². The van der Waals surface area contributed by atoms with Gasteiger partial charge in [-0.25, -0.2) is 0 Å². The zero-order valence-electron chi connectivity index (χ0n) is 13.1. The van der Waals surface area contributed by atoms with Crippen molar-refractivity contribution in [2.45, 2.75) is 18.9 Å². The lowest BCUT2D eigenvalue weighted by Gasteiger charge is -2.24. The number of hydrogen-bond acceptors (Lipinski definition) is 4. The molecule has 7 heteroatoms. The highest BCUT2D eigenvalue weighted by molar-refractivity contribution is 7.08. The van der Waals surface area contributed by atoms with Gasteiger partial charge in [0.05, 0.1) is 16.8 Å². The van der Waals surface area contributed by atoms with Gasteiger partial charge >= 0.3 is 0 Å². The Morgan fingerprint density at radius 2 is 1.83 bits per heavy atom. The summed E-state index contributed by atoms with van der Waals surface area (Å²) >= 11 is 1.47. The van der Waals surface area contributed by atoms with E-state index >= 15 is 0 Å². The first-order valence-corrected chi connectivity index (χ1v) is 8.62. The molecule has 1 aliphatic heterocycles. The molecule has 0 radical (unpaired) electrons. The number of nitrogens with one attached hydrogen (secondary N) is 3. The fourth-order valence-electron chi connectivity index (χ4n) is 2.61. The Balaban J connectivity index is 0.00000208. The van der Waals surface area contributed by atoms with Crippen LogP contribution < -0.4 is 16.0 Å². The molecule has 0 unspecified atom stereocenters. The number of rotatable bonds is 4. The van der Waals surface area contributed by atoms with Crippen LogP contribution in [0.3, 0.4) is 0 Å². The van der Waals surface area contributed by atoms with Crippen molar-refractivity contribution in [1.82, 2.24) is 10.6 Å². The topological polar surface area (TPSA) is 70.2 Å². The van der Waals surface area contributed by atoms with E-state index in [1.807, 2.05) is 11.4 Å². The number of benzene rings is 1. The fourth-order valence-corrected chi connectivity index (χ4v) is 3.24. The van der Waals surface area contributed by atoms with Crippen molar-refractivity contribution < 1.29 is 9.59 Å². The smallest absolute Gasteiger partial charge is 0.256 e. The van der Waals surface area contributed by atoms with Gasteiger partial charge in [-0.1, -0.05) is 12.1 Å². The van der Waals surface area contributed by atoms with E-state index in [-0.39, 0.29) is 30.3 Å². The van der Waals surface area contributed by atoms with E-state index in [0.717, 1.165) is 25.9 Å². The molecule has 5 nitrogen and oxygen atoms in total. The quantitative estimate of drug-likeness (QED) is 0.780. The molecule has 128 valence electrons. The van der Waals surface area contributed by atoms with Gasteiger partial charge in [-0.2, -0.15) is 11.3 Å². The normalized spacial score (nSPS) is 14.5. The maximum absolute atomic E-state index is 12.5. The van der Waals surface area contributed by atoms with Crippen LogP contribution in [0, 0.1) is 0 Å². The summed E-state index contributed by atoms with van der Waals surface area (Å²) in [5, 5.41) is 12.8. The van der Waals surface area contributed by atoms with Crippen LogP contribution in [0.1, 0.15) is 33.6 Å². The van der Waals surface area contributed by atoms with Crippen LogP contribution in [-0.2, 0) is 0 Å². The summed E-state index contributed by atoms with van der Waals surface area (Å²) in [6.45, 7) is 1.84. The first-order chi connectivity index (χ1) is 11.2. The van der Waals surface area contributed by atoms with Gasteiger partial charge in [0.25, 0.3) is 11.8 Å². The zero-order valence-corrected chi connectivity index (χ0v) is 14.7. The van der Waals surface area contributed by atoms with E-state index in [9.17, 15) is 9.59 Å². The second kappa shape index (κ2) is 8.82. The van der Waals surface area contributed by atoms with Crippen LogP contribution in [0.15, 0.2) is 41.1 Å². The molecule has 1 aliphatic rings. The Hall–Kier alpha value is -1.89. The number of thiophene rings is 1. The summed E-state index contributed by atoms with van der Waals surface area (Å²) in [6.07, 6.45) is 1.85. The molecular weight excluding hydrogens is 346 g/mol. The van der Waals surface area contributed by atoms with Crippen LogP contribution in [0.2, 0.25) is 0 Å². The number of carbonyl (C=O) groups is 2. The summed E-state index contributed by atoms with van der Waals surface area (Å²) in [6, 6.07) is 9.05. The van der Waals surface area contributed by atoms with Crippen LogP contribution in [-0.4, -0.2) is 30.9 Å². The monoisotopic (exact) mass is 365 g/mol. The second-order valence-corrected chi connectivity index (χ2v) is 6.29. The molecular formula is C17H20ClN3O2S. The molecule has 0 atom stereocenters. The predicted molar refractivity (Wildman–Crippen MR) is 99.3 cm³/mol. The molecule has 0 aliphatic carbocycles. The highest BCUT2D eigenvalue weighted by Gasteiger charge is 2.19. The first kappa shape index (κ1) is 18.4. The summed E-state index contributed by atoms with van der Waals surface area (Å²) in [7, 11) is 0. The number of amides is 2. The largest absolute Gasteiger partial charge is 0.349 e. The minimum Gasteiger partial charge on any atom is -0.349 e. The van der Waals surface area contributed by atoms with E-state index < -0.39 is 0 Å². The van der Waals surface area contributed by atoms with Gasteiger partial charge in [0.15, 0.2) is 0 Å². The van der Waals surface area contributed by atoms with Crippen molar-refractivity contribution in [1.29, 1.82) is 0 Å². The molecule has 0 bridgehead atoms. The summed E-state index contributed by atoms with van der Waals surface area (Å²) in [5.74, 6) is -0.341. The third-order valence-electron chi connectivity index (χ3n) is 3.88. The third kappa shape index (κ3) is 4.56. The standard InChI is InChI=1S/C17H19N3O2S.ClH/c21-16(12-7-10-23-11-12)20-15-4-2-1-3-14(15)17(22)19-13-5-8-18-9-6-13;/h1-4,7,10-11,13,18H,5-6,8-9H2,(H,19,22)(H,20,21);1H. The molecule has 1 saturated heterocycles. The molecule has 1 aromatic heterocycles. The SMILES string of the molecule is Cl.O=C(Nc1ccccc1C(=O)NC1CCNCC1)c1ccsc1. The van der Waals surface area contributed by atoms with Gasteiger partial charge in [0.1, 0.15) is 0 Å². The predicted octanol–water partition coefficient (Wildman–Crippen LogP) is 2.90. The lowest BCUT2D eigenvalue weighted by Crippen LogP contribution is -2.42. The molecule has 3 N–H and O–H groups in total. The average Bonchev–Trinajstić information content (AvgIpc) is 3.11. The van der Waals surface area contributed by atoms with Crippen LogP contribution >= 0.6 is 23.7 Å². The van der Waals surface area contributed by atoms with Crippen LogP contribution in [0.4, 0.5) is 5.69 Å². The van der Waals surface area contributed by atoms with Gasteiger partial charge in [-0.15, -0.1) is 12.4 Å². The molecule has 1 fully saturated rings. The Morgan fingerprint density at radius 3 is 2.54 bits per heavy atom. The van der Waals surface area contributed by atoms with E-state index in [4.69, 9.17) is 0 Å². The van der Waals surface area contributed by atoms with Crippen molar-refractivity contribution in [2.24, 2.45) is 0 Å². The van der Waals surface area contributed by atoms with E-state index in [1.165, 1.54) is 11.3 Å². The third-order valence-corrected chi connectivity index (χ3v) is 4.56. The molecule has 2 heterocycles. The second-order valence-electron chi connectivity index (χ2n) is 5.51. The van der Waals surface area contributed by atoms with Gasteiger partial charge in [0, 0.05) is 11.4 Å². The van der Waals surface area contributed by atoms with Crippen molar-refractivity contribution in [3.63, 3.8) is 0 Å². The van der Waals surface area contributed by atoms with E-state index in [1.54, 1.807) is 29.6 Å². The fraction of sp³-hybridized carbons (Fsp3) is 0.294. The lowest BCUT2D eigenvalue weighted by atomic mass is 10.1. The van der Waals surface area contributed by atoms with E-state index in [0.29, 0.717) is 16.8 Å². The van der Waals surface area contributed by atoms with Crippen LogP contribution in [0.5, 0.6) is 0 Å². The molecule has 1 aromatic carbocycles. The van der Waals surface area contributed by atoms with Crippen molar-refractivity contribution in [3.05, 3.63) is 52.2 Å². The Labute approximate surface area is 151 Å². The Bertz CT molecular complexity index is 685. The maximum atomic E-state index is 12.5. The molecule has 2 amide bonds. The van der Waals surface area contributed by atoms with Crippen molar-refractivity contribution >= 4 is 41.2 Å².